The Labute approximate surface area is 81.5 Å². The molecule has 0 aliphatic rings. The number of carbonyl (C=O) groups excluding carboxylic acids is 1. The van der Waals surface area contributed by atoms with Crippen molar-refractivity contribution >= 4 is 16.9 Å². The van der Waals surface area contributed by atoms with E-state index in [0.717, 1.165) is 10.9 Å². The van der Waals surface area contributed by atoms with Crippen molar-refractivity contribution in [2.45, 2.75) is 0 Å². The summed E-state index contributed by atoms with van der Waals surface area (Å²) in [5.41, 5.74) is 1.60. The first-order chi connectivity index (χ1) is 6.31. The van der Waals surface area contributed by atoms with Gasteiger partial charge in [-0.05, 0) is 24.3 Å². The van der Waals surface area contributed by atoms with Crippen LogP contribution in [0.3, 0.4) is 0 Å². The maximum absolute atomic E-state index is 11.1. The normalized spacial score (nSPS) is 9.50. The summed E-state index contributed by atoms with van der Waals surface area (Å²) >= 11 is 0. The number of hydrogen-bond acceptors (Lipinski definition) is 3. The molecule has 0 saturated carbocycles. The summed E-state index contributed by atoms with van der Waals surface area (Å²) < 4.78 is 4.61. The van der Waals surface area contributed by atoms with Crippen LogP contribution in [0.4, 0.5) is 0 Å². The first kappa shape index (κ1) is 10.3. The highest BCUT2D eigenvalue weighted by atomic mass is 16.5. The first-order valence-corrected chi connectivity index (χ1v) is 3.97. The molecule has 1 heterocycles. The number of H-pyrrole nitrogens is 1. The quantitative estimate of drug-likeness (QED) is 0.679. The Balaban J connectivity index is 0.000000980. The van der Waals surface area contributed by atoms with Gasteiger partial charge in [0.2, 0.25) is 0 Å². The van der Waals surface area contributed by atoms with Gasteiger partial charge in [-0.2, -0.15) is 0 Å². The molecular formula is C10H12N2O2. The van der Waals surface area contributed by atoms with Crippen LogP contribution in [0.2, 0.25) is 0 Å². The summed E-state index contributed by atoms with van der Waals surface area (Å²) in [6.07, 6.45) is 1.84. The lowest BCUT2D eigenvalue weighted by Gasteiger charge is -1.98. The number of benzene rings is 1. The lowest BCUT2D eigenvalue weighted by molar-refractivity contribution is 0.0601. The molecule has 74 valence electrons. The number of ether oxygens (including phenoxy) is 1. The van der Waals surface area contributed by atoms with Crippen molar-refractivity contribution in [3.05, 3.63) is 36.0 Å². The molecule has 0 radical (unpaired) electrons. The third-order valence-electron chi connectivity index (χ3n) is 1.97. The Morgan fingerprint density at radius 1 is 1.36 bits per heavy atom. The van der Waals surface area contributed by atoms with Crippen LogP contribution in [0.5, 0.6) is 0 Å². The number of aromatic nitrogens is 1. The summed E-state index contributed by atoms with van der Waals surface area (Å²) in [4.78, 5) is 14.2. The van der Waals surface area contributed by atoms with Crippen molar-refractivity contribution < 1.29 is 9.53 Å². The third kappa shape index (κ3) is 1.60. The summed E-state index contributed by atoms with van der Waals surface area (Å²) in [5, 5.41) is 1.02. The van der Waals surface area contributed by atoms with Crippen LogP contribution in [0.15, 0.2) is 30.5 Å². The van der Waals surface area contributed by atoms with Gasteiger partial charge in [-0.3, -0.25) is 0 Å². The van der Waals surface area contributed by atoms with Crippen molar-refractivity contribution in [3.63, 3.8) is 0 Å². The standard InChI is InChI=1S/C10H9NO2.H3N/c1-13-10(12)8-2-3-9-7(6-8)4-5-11-9;/h2-6,11H,1H3;1H3. The van der Waals surface area contributed by atoms with E-state index >= 15 is 0 Å². The number of methoxy groups -OCH3 is 1. The number of carbonyl (C=O) groups is 1. The molecule has 0 spiro atoms. The molecule has 1 aromatic heterocycles. The minimum atomic E-state index is -0.303. The molecule has 2 aromatic rings. The Morgan fingerprint density at radius 2 is 2.14 bits per heavy atom. The number of hydrogen-bond donors (Lipinski definition) is 2. The largest absolute Gasteiger partial charge is 0.465 e. The zero-order valence-corrected chi connectivity index (χ0v) is 7.91. The molecule has 14 heavy (non-hydrogen) atoms. The lowest BCUT2D eigenvalue weighted by atomic mass is 10.1. The third-order valence-corrected chi connectivity index (χ3v) is 1.97. The van der Waals surface area contributed by atoms with Crippen molar-refractivity contribution in [2.24, 2.45) is 0 Å². The molecule has 0 fully saturated rings. The van der Waals surface area contributed by atoms with Crippen LogP contribution in [0.1, 0.15) is 10.4 Å². The fraction of sp³-hybridized carbons (Fsp3) is 0.100. The molecule has 0 aliphatic carbocycles. The summed E-state index contributed by atoms with van der Waals surface area (Å²) in [5.74, 6) is -0.303. The van der Waals surface area contributed by atoms with E-state index in [1.165, 1.54) is 7.11 Å². The molecule has 0 amide bonds. The summed E-state index contributed by atoms with van der Waals surface area (Å²) in [6, 6.07) is 7.33. The zero-order valence-electron chi connectivity index (χ0n) is 7.91. The molecule has 4 heteroatoms. The molecule has 0 atom stereocenters. The highest BCUT2D eigenvalue weighted by Crippen LogP contribution is 2.14. The highest BCUT2D eigenvalue weighted by Gasteiger charge is 2.05. The van der Waals surface area contributed by atoms with Crippen molar-refractivity contribution in [1.82, 2.24) is 11.1 Å². The van der Waals surface area contributed by atoms with Gasteiger partial charge in [0.15, 0.2) is 0 Å². The SMILES string of the molecule is COC(=O)c1ccc2[nH]ccc2c1.N. The van der Waals surface area contributed by atoms with Crippen LogP contribution >= 0.6 is 0 Å². The van der Waals surface area contributed by atoms with Gasteiger partial charge in [0, 0.05) is 17.1 Å². The molecule has 0 bridgehead atoms. The predicted octanol–water partition coefficient (Wildman–Crippen LogP) is 2.12. The van der Waals surface area contributed by atoms with E-state index in [1.807, 2.05) is 18.3 Å². The molecule has 0 saturated heterocycles. The van der Waals surface area contributed by atoms with Gasteiger partial charge in [0.1, 0.15) is 0 Å². The van der Waals surface area contributed by atoms with Crippen LogP contribution in [0, 0.1) is 0 Å². The average Bonchev–Trinajstić information content (AvgIpc) is 2.63. The number of fused-ring (bicyclic) bond motifs is 1. The molecule has 0 unspecified atom stereocenters. The van der Waals surface area contributed by atoms with Crippen molar-refractivity contribution in [3.8, 4) is 0 Å². The smallest absolute Gasteiger partial charge is 0.337 e. The molecule has 0 aliphatic heterocycles. The Kier molecular flexibility index (Phi) is 2.89. The predicted molar refractivity (Wildman–Crippen MR) is 54.7 cm³/mol. The van der Waals surface area contributed by atoms with Gasteiger partial charge in [0.25, 0.3) is 0 Å². The summed E-state index contributed by atoms with van der Waals surface area (Å²) in [6.45, 7) is 0. The summed E-state index contributed by atoms with van der Waals surface area (Å²) in [7, 11) is 1.38. The monoisotopic (exact) mass is 192 g/mol. The van der Waals surface area contributed by atoms with E-state index in [2.05, 4.69) is 9.72 Å². The topological polar surface area (TPSA) is 77.1 Å². The Hall–Kier alpha value is -1.81. The lowest BCUT2D eigenvalue weighted by Crippen LogP contribution is -2.00. The maximum atomic E-state index is 11.1. The van der Waals surface area contributed by atoms with Crippen LogP contribution in [-0.4, -0.2) is 18.1 Å². The van der Waals surface area contributed by atoms with Gasteiger partial charge >= 0.3 is 5.97 Å². The maximum Gasteiger partial charge on any atom is 0.337 e. The molecular weight excluding hydrogens is 180 g/mol. The fourth-order valence-electron chi connectivity index (χ4n) is 1.30. The van der Waals surface area contributed by atoms with E-state index in [1.54, 1.807) is 12.1 Å². The second kappa shape index (κ2) is 3.93. The van der Waals surface area contributed by atoms with E-state index in [0.29, 0.717) is 5.56 Å². The fourth-order valence-corrected chi connectivity index (χ4v) is 1.30. The van der Waals surface area contributed by atoms with E-state index < -0.39 is 0 Å². The second-order valence-electron chi connectivity index (χ2n) is 2.77. The van der Waals surface area contributed by atoms with Crippen LogP contribution in [-0.2, 0) is 4.74 Å². The molecule has 4 N–H and O–H groups in total. The first-order valence-electron chi connectivity index (χ1n) is 3.97. The average molecular weight is 192 g/mol. The molecule has 2 rings (SSSR count). The van der Waals surface area contributed by atoms with Gasteiger partial charge in [-0.1, -0.05) is 0 Å². The second-order valence-corrected chi connectivity index (χ2v) is 2.77. The Morgan fingerprint density at radius 3 is 2.86 bits per heavy atom. The number of rotatable bonds is 1. The highest BCUT2D eigenvalue weighted by molar-refractivity contribution is 5.94. The van der Waals surface area contributed by atoms with Gasteiger partial charge in [-0.15, -0.1) is 0 Å². The van der Waals surface area contributed by atoms with Crippen LogP contribution in [0.25, 0.3) is 10.9 Å². The van der Waals surface area contributed by atoms with Gasteiger partial charge in [0.05, 0.1) is 12.7 Å². The minimum absolute atomic E-state index is 0. The van der Waals surface area contributed by atoms with E-state index in [4.69, 9.17) is 0 Å². The number of nitrogens with one attached hydrogen (secondary N) is 1. The molecule has 4 nitrogen and oxygen atoms in total. The van der Waals surface area contributed by atoms with E-state index in [9.17, 15) is 4.79 Å². The number of aromatic amines is 1. The van der Waals surface area contributed by atoms with Gasteiger partial charge < -0.3 is 15.9 Å². The van der Waals surface area contributed by atoms with Gasteiger partial charge in [-0.25, -0.2) is 4.79 Å². The van der Waals surface area contributed by atoms with Crippen LogP contribution < -0.4 is 6.15 Å². The van der Waals surface area contributed by atoms with Crippen molar-refractivity contribution in [2.75, 3.05) is 7.11 Å². The minimum Gasteiger partial charge on any atom is -0.465 e. The van der Waals surface area contributed by atoms with Crippen molar-refractivity contribution in [1.29, 1.82) is 0 Å². The number of esters is 1. The van der Waals surface area contributed by atoms with E-state index in [-0.39, 0.29) is 12.1 Å². The zero-order chi connectivity index (χ0) is 9.26. The molecule has 1 aromatic carbocycles. The Bertz CT molecular complexity index is 448.